The summed E-state index contributed by atoms with van der Waals surface area (Å²) in [5.41, 5.74) is 10.2. The molecule has 6 aromatic rings. The minimum Gasteiger partial charge on any atom is -0.379 e. The number of aromatic nitrogens is 1. The van der Waals surface area contributed by atoms with E-state index >= 15 is 0 Å². The molecular weight excluding hydrogens is 765 g/mol. The van der Waals surface area contributed by atoms with E-state index in [1.165, 1.54) is 3.97 Å². The zero-order valence-electron chi connectivity index (χ0n) is 33.3. The zero-order chi connectivity index (χ0) is 40.7. The molecule has 1 aromatic heterocycles. The first kappa shape index (κ1) is 42.4. The van der Waals surface area contributed by atoms with Crippen LogP contribution in [0, 0.1) is 0 Å². The van der Waals surface area contributed by atoms with Crippen molar-refractivity contribution in [3.8, 4) is 0 Å². The molecule has 2 heterocycles. The van der Waals surface area contributed by atoms with Crippen LogP contribution in [0.5, 0.6) is 0 Å². The second kappa shape index (κ2) is 21.5. The van der Waals surface area contributed by atoms with E-state index < -0.39 is 40.7 Å². The van der Waals surface area contributed by atoms with E-state index in [0.29, 0.717) is 44.9 Å². The van der Waals surface area contributed by atoms with Crippen LogP contribution in [0.25, 0.3) is 10.9 Å². The third kappa shape index (κ3) is 11.3. The second-order valence-corrected chi connectivity index (χ2v) is 16.5. The van der Waals surface area contributed by atoms with Crippen molar-refractivity contribution >= 4 is 20.9 Å². The van der Waals surface area contributed by atoms with E-state index in [1.54, 1.807) is 36.5 Å². The highest BCUT2D eigenvalue weighted by Crippen LogP contribution is 2.33. The predicted octanol–water partition coefficient (Wildman–Crippen LogP) is 8.06. The molecule has 310 valence electrons. The summed E-state index contributed by atoms with van der Waals surface area (Å²) in [5.74, 6) is 0. The molecule has 0 spiro atoms. The summed E-state index contributed by atoms with van der Waals surface area (Å²) in [6, 6.07) is 46.0. The van der Waals surface area contributed by atoms with Crippen molar-refractivity contribution in [1.82, 2.24) is 3.97 Å². The van der Waals surface area contributed by atoms with Gasteiger partial charge in [-0.15, -0.1) is 0 Å². The van der Waals surface area contributed by atoms with E-state index in [-0.39, 0.29) is 18.1 Å². The Labute approximate surface area is 347 Å². The Morgan fingerprint density at radius 1 is 0.576 bits per heavy atom. The summed E-state index contributed by atoms with van der Waals surface area (Å²) < 4.78 is 69.2. The van der Waals surface area contributed by atoms with Crippen molar-refractivity contribution in [2.75, 3.05) is 26.4 Å². The second-order valence-electron chi connectivity index (χ2n) is 14.7. The fourth-order valence-corrected chi connectivity index (χ4v) is 8.76. The quantitative estimate of drug-likeness (QED) is 0.0679. The van der Waals surface area contributed by atoms with Crippen molar-refractivity contribution in [3.05, 3.63) is 174 Å². The normalized spacial score (nSPS) is 19.6. The lowest BCUT2D eigenvalue weighted by atomic mass is 9.97. The first-order valence-corrected chi connectivity index (χ1v) is 21.9. The van der Waals surface area contributed by atoms with E-state index in [4.69, 9.17) is 34.2 Å². The van der Waals surface area contributed by atoms with Gasteiger partial charge in [-0.2, -0.15) is 0 Å². The lowest BCUT2D eigenvalue weighted by Crippen LogP contribution is -2.61. The number of ether oxygens (including phenoxy) is 6. The first-order valence-electron chi connectivity index (χ1n) is 20.4. The van der Waals surface area contributed by atoms with Crippen molar-refractivity contribution in [3.63, 3.8) is 0 Å². The summed E-state index contributed by atoms with van der Waals surface area (Å²) in [7, 11) is -3.84. The van der Waals surface area contributed by atoms with Gasteiger partial charge in [0.05, 0.1) is 43.4 Å². The van der Waals surface area contributed by atoms with Crippen molar-refractivity contribution < 1.29 is 36.8 Å². The van der Waals surface area contributed by atoms with Gasteiger partial charge < -0.3 is 34.2 Å². The molecule has 10 nitrogen and oxygen atoms in total. The van der Waals surface area contributed by atoms with Gasteiger partial charge in [0, 0.05) is 18.2 Å². The number of hydrogen-bond acceptors (Lipinski definition) is 9. The number of fused-ring (bicyclic) bond motifs is 1. The molecule has 0 saturated carbocycles. The molecule has 0 aliphatic carbocycles. The van der Waals surface area contributed by atoms with Gasteiger partial charge in [-0.3, -0.25) is 0 Å². The van der Waals surface area contributed by atoms with Crippen LogP contribution in [0.3, 0.4) is 0 Å². The maximum Gasteiger partial charge on any atom is 0.268 e. The molecule has 0 amide bonds. The van der Waals surface area contributed by atoms with Crippen LogP contribution < -0.4 is 5.73 Å². The average molecular weight is 819 g/mol. The maximum atomic E-state index is 13.8. The minimum absolute atomic E-state index is 0.211. The Kier molecular flexibility index (Phi) is 15.5. The van der Waals surface area contributed by atoms with Gasteiger partial charge in [0.2, 0.25) is 0 Å². The molecule has 5 aromatic carbocycles. The molecule has 0 unspecified atom stereocenters. The van der Waals surface area contributed by atoms with E-state index in [9.17, 15) is 8.42 Å². The molecule has 0 bridgehead atoms. The number of benzene rings is 5. The van der Waals surface area contributed by atoms with Crippen LogP contribution in [0.15, 0.2) is 157 Å². The largest absolute Gasteiger partial charge is 0.379 e. The van der Waals surface area contributed by atoms with Gasteiger partial charge in [0.1, 0.15) is 24.4 Å². The van der Waals surface area contributed by atoms with Gasteiger partial charge in [-0.05, 0) is 72.7 Å². The number of rotatable bonds is 22. The van der Waals surface area contributed by atoms with Crippen molar-refractivity contribution in [2.24, 2.45) is 5.73 Å². The Morgan fingerprint density at radius 2 is 1.12 bits per heavy atom. The summed E-state index contributed by atoms with van der Waals surface area (Å²) in [4.78, 5) is 0.218. The summed E-state index contributed by atoms with van der Waals surface area (Å²) in [6.07, 6.45) is 1.56. The fraction of sp³-hybridized carbons (Fsp3) is 0.333. The van der Waals surface area contributed by atoms with Gasteiger partial charge >= 0.3 is 0 Å². The Balaban J connectivity index is 1.18. The van der Waals surface area contributed by atoms with Crippen LogP contribution in [0.1, 0.15) is 41.5 Å². The van der Waals surface area contributed by atoms with Gasteiger partial charge in [-0.1, -0.05) is 127 Å². The monoisotopic (exact) mass is 818 g/mol. The third-order valence-electron chi connectivity index (χ3n) is 10.4. The third-order valence-corrected chi connectivity index (χ3v) is 12.1. The molecule has 1 aliphatic heterocycles. The van der Waals surface area contributed by atoms with Crippen molar-refractivity contribution in [1.29, 1.82) is 0 Å². The zero-order valence-corrected chi connectivity index (χ0v) is 34.1. The number of unbranched alkanes of at least 4 members (excludes halogenated alkanes) is 2. The molecule has 1 fully saturated rings. The van der Waals surface area contributed by atoms with Crippen molar-refractivity contribution in [2.45, 2.75) is 81.1 Å². The van der Waals surface area contributed by atoms with E-state index in [0.717, 1.165) is 46.9 Å². The van der Waals surface area contributed by atoms with Gasteiger partial charge in [0.15, 0.2) is 6.29 Å². The SMILES string of the molecule is NCCCCCOC[C@@H]1O[C@H](OCCc2cn(S(=O)(=O)c3ccccc3)c3ccccc23)[C@H](OCc2ccccc2)[C@H](OCc2ccccc2)[C@H]1OCc1ccccc1. The smallest absolute Gasteiger partial charge is 0.268 e. The highest BCUT2D eigenvalue weighted by molar-refractivity contribution is 7.90. The molecule has 0 radical (unpaired) electrons. The Bertz CT molecular complexity index is 2240. The standard InChI is InChI=1S/C48H54N2O8S/c49-29-16-5-17-30-53-36-44-45(55-33-37-18-6-1-7-19-37)46(56-34-38-20-8-2-9-21-38)47(57-35-39-22-10-3-11-23-39)48(58-44)54-31-28-40-32-50(43-27-15-14-26-42(40)43)59(51,52)41-24-12-4-13-25-41/h1-4,6-15,18-27,32,44-48H,5,16-17,28-31,33-36,49H2/t44-,45-,46+,47+,48-/m0/s1. The lowest BCUT2D eigenvalue weighted by Gasteiger charge is -2.46. The fourth-order valence-electron chi connectivity index (χ4n) is 7.35. The highest BCUT2D eigenvalue weighted by Gasteiger charge is 2.49. The van der Waals surface area contributed by atoms with Gasteiger partial charge in [-0.25, -0.2) is 12.4 Å². The Hall–Kier alpha value is -4.69. The summed E-state index contributed by atoms with van der Waals surface area (Å²) in [6.45, 7) is 2.60. The molecule has 1 saturated heterocycles. The Morgan fingerprint density at radius 3 is 1.73 bits per heavy atom. The molecule has 7 rings (SSSR count). The molecular formula is C48H54N2O8S. The predicted molar refractivity (Wildman–Crippen MR) is 228 cm³/mol. The molecule has 1 aliphatic rings. The number of nitrogens with zero attached hydrogens (tertiary/aromatic N) is 1. The number of nitrogens with two attached hydrogens (primary N) is 1. The average Bonchev–Trinajstić information content (AvgIpc) is 3.66. The molecule has 2 N–H and O–H groups in total. The lowest BCUT2D eigenvalue weighted by molar-refractivity contribution is -0.328. The highest BCUT2D eigenvalue weighted by atomic mass is 32.2. The number of hydrogen-bond donors (Lipinski definition) is 1. The maximum absolute atomic E-state index is 13.8. The van der Waals surface area contributed by atoms with Crippen LogP contribution in [-0.2, 0) is 64.7 Å². The van der Waals surface area contributed by atoms with Crippen LogP contribution in [0.2, 0.25) is 0 Å². The van der Waals surface area contributed by atoms with E-state index in [2.05, 4.69) is 0 Å². The van der Waals surface area contributed by atoms with Crippen LogP contribution in [-0.4, -0.2) is 69.5 Å². The van der Waals surface area contributed by atoms with Gasteiger partial charge in [0.25, 0.3) is 10.0 Å². The molecule has 11 heteroatoms. The number of para-hydroxylation sites is 1. The van der Waals surface area contributed by atoms with Crippen LogP contribution in [0.4, 0.5) is 0 Å². The molecule has 59 heavy (non-hydrogen) atoms. The molecule has 5 atom stereocenters. The summed E-state index contributed by atoms with van der Waals surface area (Å²) >= 11 is 0. The van der Waals surface area contributed by atoms with E-state index in [1.807, 2.05) is 115 Å². The van der Waals surface area contributed by atoms with Crippen LogP contribution >= 0.6 is 0 Å². The minimum atomic E-state index is -3.84. The topological polar surface area (TPSA) is 120 Å². The summed E-state index contributed by atoms with van der Waals surface area (Å²) in [5, 5.41) is 0.830. The first-order chi connectivity index (χ1) is 29.0.